The SMILES string of the molecule is Cc1ccc(C)c(OCCn2cc(C)cn2)c1. The van der Waals surface area contributed by atoms with Gasteiger partial charge in [0.1, 0.15) is 12.4 Å². The summed E-state index contributed by atoms with van der Waals surface area (Å²) >= 11 is 0. The molecule has 2 rings (SSSR count). The molecular weight excluding hydrogens is 212 g/mol. The molecule has 0 aliphatic rings. The third-order valence-corrected chi connectivity index (χ3v) is 2.68. The predicted octanol–water partition coefficient (Wildman–Crippen LogP) is 2.89. The second-order valence-electron chi connectivity index (χ2n) is 4.40. The minimum atomic E-state index is 0.644. The van der Waals surface area contributed by atoms with Crippen LogP contribution in [0.1, 0.15) is 16.7 Å². The van der Waals surface area contributed by atoms with E-state index in [4.69, 9.17) is 4.74 Å². The number of nitrogens with zero attached hydrogens (tertiary/aromatic N) is 2. The largest absolute Gasteiger partial charge is 0.491 e. The van der Waals surface area contributed by atoms with Gasteiger partial charge in [-0.05, 0) is 43.5 Å². The van der Waals surface area contributed by atoms with Crippen molar-refractivity contribution in [2.45, 2.75) is 27.3 Å². The van der Waals surface area contributed by atoms with Gasteiger partial charge in [-0.2, -0.15) is 5.10 Å². The van der Waals surface area contributed by atoms with Crippen LogP contribution >= 0.6 is 0 Å². The Hall–Kier alpha value is -1.77. The van der Waals surface area contributed by atoms with Crippen molar-refractivity contribution in [3.8, 4) is 5.75 Å². The van der Waals surface area contributed by atoms with Gasteiger partial charge in [-0.25, -0.2) is 0 Å². The molecule has 0 fully saturated rings. The van der Waals surface area contributed by atoms with E-state index in [0.29, 0.717) is 6.61 Å². The van der Waals surface area contributed by atoms with E-state index in [-0.39, 0.29) is 0 Å². The van der Waals surface area contributed by atoms with Crippen LogP contribution in [0.2, 0.25) is 0 Å². The Balaban J connectivity index is 1.91. The molecule has 0 aliphatic carbocycles. The van der Waals surface area contributed by atoms with E-state index in [0.717, 1.165) is 12.3 Å². The van der Waals surface area contributed by atoms with Gasteiger partial charge in [-0.3, -0.25) is 4.68 Å². The Morgan fingerprint density at radius 3 is 2.71 bits per heavy atom. The molecule has 0 bridgehead atoms. The molecule has 0 radical (unpaired) electrons. The second-order valence-corrected chi connectivity index (χ2v) is 4.40. The highest BCUT2D eigenvalue weighted by molar-refractivity contribution is 5.35. The number of aryl methyl sites for hydroxylation is 3. The van der Waals surface area contributed by atoms with Crippen molar-refractivity contribution in [3.05, 3.63) is 47.3 Å². The fourth-order valence-corrected chi connectivity index (χ4v) is 1.70. The van der Waals surface area contributed by atoms with Gasteiger partial charge in [-0.15, -0.1) is 0 Å². The van der Waals surface area contributed by atoms with Crippen LogP contribution in [-0.2, 0) is 6.54 Å². The minimum absolute atomic E-state index is 0.644. The summed E-state index contributed by atoms with van der Waals surface area (Å²) in [5, 5.41) is 4.22. The van der Waals surface area contributed by atoms with Gasteiger partial charge >= 0.3 is 0 Å². The number of benzene rings is 1. The van der Waals surface area contributed by atoms with E-state index in [9.17, 15) is 0 Å². The first-order chi connectivity index (χ1) is 8.15. The highest BCUT2D eigenvalue weighted by Crippen LogP contribution is 2.18. The van der Waals surface area contributed by atoms with Crippen LogP contribution in [0.15, 0.2) is 30.6 Å². The molecule has 2 aromatic rings. The lowest BCUT2D eigenvalue weighted by atomic mass is 10.1. The molecule has 1 aromatic carbocycles. The number of hydrogen-bond donors (Lipinski definition) is 0. The molecule has 17 heavy (non-hydrogen) atoms. The van der Waals surface area contributed by atoms with Gasteiger partial charge < -0.3 is 4.74 Å². The second kappa shape index (κ2) is 5.04. The van der Waals surface area contributed by atoms with Gasteiger partial charge in [0.15, 0.2) is 0 Å². The third kappa shape index (κ3) is 3.09. The molecule has 1 aromatic heterocycles. The molecule has 0 saturated heterocycles. The lowest BCUT2D eigenvalue weighted by Crippen LogP contribution is -2.09. The van der Waals surface area contributed by atoms with Crippen LogP contribution in [0.4, 0.5) is 0 Å². The van der Waals surface area contributed by atoms with Crippen LogP contribution in [0.5, 0.6) is 5.75 Å². The van der Waals surface area contributed by atoms with Gasteiger partial charge in [0.25, 0.3) is 0 Å². The van der Waals surface area contributed by atoms with Crippen molar-refractivity contribution >= 4 is 0 Å². The zero-order chi connectivity index (χ0) is 12.3. The van der Waals surface area contributed by atoms with Crippen molar-refractivity contribution in [2.24, 2.45) is 0 Å². The lowest BCUT2D eigenvalue weighted by molar-refractivity contribution is 0.289. The van der Waals surface area contributed by atoms with Crippen LogP contribution < -0.4 is 4.74 Å². The highest BCUT2D eigenvalue weighted by atomic mass is 16.5. The topological polar surface area (TPSA) is 27.1 Å². The Kier molecular flexibility index (Phi) is 3.47. The number of aromatic nitrogens is 2. The zero-order valence-corrected chi connectivity index (χ0v) is 10.6. The summed E-state index contributed by atoms with van der Waals surface area (Å²) in [6, 6.07) is 6.26. The fraction of sp³-hybridized carbons (Fsp3) is 0.357. The van der Waals surface area contributed by atoms with E-state index in [2.05, 4.69) is 37.1 Å². The van der Waals surface area contributed by atoms with Crippen molar-refractivity contribution < 1.29 is 4.74 Å². The summed E-state index contributed by atoms with van der Waals surface area (Å²) in [4.78, 5) is 0. The van der Waals surface area contributed by atoms with Crippen molar-refractivity contribution in [3.63, 3.8) is 0 Å². The maximum atomic E-state index is 5.77. The van der Waals surface area contributed by atoms with Gasteiger partial charge in [-0.1, -0.05) is 12.1 Å². The molecule has 0 N–H and O–H groups in total. The number of ether oxygens (including phenoxy) is 1. The highest BCUT2D eigenvalue weighted by Gasteiger charge is 2.00. The van der Waals surface area contributed by atoms with Crippen molar-refractivity contribution in [1.82, 2.24) is 9.78 Å². The average molecular weight is 230 g/mol. The lowest BCUT2D eigenvalue weighted by Gasteiger charge is -2.09. The standard InChI is InChI=1S/C14H18N2O/c1-11-4-5-13(3)14(8-11)17-7-6-16-10-12(2)9-15-16/h4-5,8-10H,6-7H2,1-3H3. The molecule has 1 heterocycles. The summed E-state index contributed by atoms with van der Waals surface area (Å²) < 4.78 is 7.67. The molecule has 90 valence electrons. The molecule has 3 nitrogen and oxygen atoms in total. The van der Waals surface area contributed by atoms with E-state index in [1.165, 1.54) is 16.7 Å². The zero-order valence-electron chi connectivity index (χ0n) is 10.6. The Bertz CT molecular complexity index is 503. The van der Waals surface area contributed by atoms with Crippen LogP contribution in [0.25, 0.3) is 0 Å². The van der Waals surface area contributed by atoms with Gasteiger partial charge in [0.05, 0.1) is 12.7 Å². The number of rotatable bonds is 4. The molecule has 0 amide bonds. The molecular formula is C14H18N2O. The predicted molar refractivity (Wildman–Crippen MR) is 68.4 cm³/mol. The molecule has 0 spiro atoms. The Morgan fingerprint density at radius 2 is 2.00 bits per heavy atom. The van der Waals surface area contributed by atoms with Crippen LogP contribution in [-0.4, -0.2) is 16.4 Å². The summed E-state index contributed by atoms with van der Waals surface area (Å²) in [7, 11) is 0. The van der Waals surface area contributed by atoms with E-state index in [1.54, 1.807) is 0 Å². The van der Waals surface area contributed by atoms with Gasteiger partial charge in [0.2, 0.25) is 0 Å². The monoisotopic (exact) mass is 230 g/mol. The molecule has 3 heteroatoms. The average Bonchev–Trinajstić information content (AvgIpc) is 2.69. The smallest absolute Gasteiger partial charge is 0.122 e. The van der Waals surface area contributed by atoms with Crippen LogP contribution in [0, 0.1) is 20.8 Å². The first-order valence-corrected chi connectivity index (χ1v) is 5.84. The Labute approximate surface area is 102 Å². The normalized spacial score (nSPS) is 10.5. The fourth-order valence-electron chi connectivity index (χ4n) is 1.70. The molecule has 0 atom stereocenters. The minimum Gasteiger partial charge on any atom is -0.491 e. The van der Waals surface area contributed by atoms with Crippen molar-refractivity contribution in [2.75, 3.05) is 6.61 Å². The number of hydrogen-bond acceptors (Lipinski definition) is 2. The summed E-state index contributed by atoms with van der Waals surface area (Å²) in [5.41, 5.74) is 3.57. The summed E-state index contributed by atoms with van der Waals surface area (Å²) in [5.74, 6) is 0.967. The molecule has 0 aliphatic heterocycles. The quantitative estimate of drug-likeness (QED) is 0.807. The van der Waals surface area contributed by atoms with E-state index < -0.39 is 0 Å². The maximum absolute atomic E-state index is 5.77. The van der Waals surface area contributed by atoms with Crippen molar-refractivity contribution in [1.29, 1.82) is 0 Å². The van der Waals surface area contributed by atoms with Crippen LogP contribution in [0.3, 0.4) is 0 Å². The molecule has 0 unspecified atom stereocenters. The summed E-state index contributed by atoms with van der Waals surface area (Å²) in [6.07, 6.45) is 3.88. The van der Waals surface area contributed by atoms with E-state index >= 15 is 0 Å². The third-order valence-electron chi connectivity index (χ3n) is 2.68. The summed E-state index contributed by atoms with van der Waals surface area (Å²) in [6.45, 7) is 7.59. The first kappa shape index (κ1) is 11.7. The van der Waals surface area contributed by atoms with E-state index in [1.807, 2.05) is 24.0 Å². The Morgan fingerprint density at radius 1 is 1.18 bits per heavy atom. The molecule has 0 saturated carbocycles. The maximum Gasteiger partial charge on any atom is 0.122 e. The van der Waals surface area contributed by atoms with Gasteiger partial charge in [0, 0.05) is 6.20 Å². The first-order valence-electron chi connectivity index (χ1n) is 5.84.